The van der Waals surface area contributed by atoms with Crippen molar-refractivity contribution in [2.75, 3.05) is 53.9 Å². The number of nitrogens with one attached hydrogen (secondary N) is 1. The summed E-state index contributed by atoms with van der Waals surface area (Å²) in [6.07, 6.45) is 0.854. The van der Waals surface area contributed by atoms with Gasteiger partial charge in [0, 0.05) is 46.7 Å². The lowest BCUT2D eigenvalue weighted by molar-refractivity contribution is -0.129. The zero-order valence-electron chi connectivity index (χ0n) is 10.5. The van der Waals surface area contributed by atoms with Crippen molar-refractivity contribution in [2.24, 2.45) is 0 Å². The van der Waals surface area contributed by atoms with Crippen LogP contribution in [0.3, 0.4) is 0 Å². The van der Waals surface area contributed by atoms with Crippen LogP contribution in [0.15, 0.2) is 0 Å². The van der Waals surface area contributed by atoms with Crippen LogP contribution in [0.1, 0.15) is 6.42 Å². The van der Waals surface area contributed by atoms with Gasteiger partial charge in [0.25, 0.3) is 0 Å². The molecule has 5 nitrogen and oxygen atoms in total. The van der Waals surface area contributed by atoms with Crippen LogP contribution in [0.2, 0.25) is 0 Å². The van der Waals surface area contributed by atoms with E-state index in [9.17, 15) is 4.79 Å². The second-order valence-corrected chi connectivity index (χ2v) is 4.39. The highest BCUT2D eigenvalue weighted by atomic mass is 16.5. The molecule has 0 radical (unpaired) electrons. The van der Waals surface area contributed by atoms with E-state index >= 15 is 0 Å². The molecule has 0 aromatic carbocycles. The Balaban J connectivity index is 2.24. The highest BCUT2D eigenvalue weighted by Gasteiger charge is 2.20. The van der Waals surface area contributed by atoms with Crippen molar-refractivity contribution in [3.63, 3.8) is 0 Å². The number of amides is 1. The predicted octanol–water partition coefficient (Wildman–Crippen LogP) is -0.615. The first-order chi connectivity index (χ1) is 7.63. The zero-order valence-corrected chi connectivity index (χ0v) is 10.5. The monoisotopic (exact) mass is 229 g/mol. The van der Waals surface area contributed by atoms with Gasteiger partial charge in [-0.1, -0.05) is 0 Å². The normalized spacial score (nSPS) is 22.1. The van der Waals surface area contributed by atoms with Gasteiger partial charge in [0.1, 0.15) is 0 Å². The van der Waals surface area contributed by atoms with E-state index in [1.807, 2.05) is 7.05 Å². The predicted molar refractivity (Wildman–Crippen MR) is 63.4 cm³/mol. The Morgan fingerprint density at radius 3 is 2.94 bits per heavy atom. The van der Waals surface area contributed by atoms with E-state index in [1.54, 1.807) is 19.0 Å². The smallest absolute Gasteiger partial charge is 0.223 e. The molecule has 0 aromatic rings. The molecule has 0 saturated carbocycles. The molecule has 0 aromatic heterocycles. The summed E-state index contributed by atoms with van der Waals surface area (Å²) >= 11 is 0. The molecule has 1 rings (SSSR count). The fourth-order valence-electron chi connectivity index (χ4n) is 1.81. The minimum atomic E-state index is 0.191. The number of morpholine rings is 1. The van der Waals surface area contributed by atoms with Crippen LogP contribution >= 0.6 is 0 Å². The highest BCUT2D eigenvalue weighted by Crippen LogP contribution is 2.05. The molecular formula is C11H23N3O2. The molecule has 1 atom stereocenters. The SMILES string of the molecule is CNCC1CN(CCC(=O)N(C)C)CCO1. The van der Waals surface area contributed by atoms with E-state index in [2.05, 4.69) is 10.2 Å². The molecule has 1 heterocycles. The summed E-state index contributed by atoms with van der Waals surface area (Å²) in [6, 6.07) is 0. The van der Waals surface area contributed by atoms with Crippen molar-refractivity contribution in [3.8, 4) is 0 Å². The largest absolute Gasteiger partial charge is 0.374 e. The van der Waals surface area contributed by atoms with E-state index in [4.69, 9.17) is 4.74 Å². The molecule has 0 spiro atoms. The third kappa shape index (κ3) is 4.47. The number of nitrogens with zero attached hydrogens (tertiary/aromatic N) is 2. The maximum atomic E-state index is 11.4. The number of hydrogen-bond acceptors (Lipinski definition) is 4. The Hall–Kier alpha value is -0.650. The van der Waals surface area contributed by atoms with Gasteiger partial charge in [-0.2, -0.15) is 0 Å². The third-order valence-corrected chi connectivity index (χ3v) is 2.80. The average Bonchev–Trinajstić information content (AvgIpc) is 2.26. The average molecular weight is 229 g/mol. The Labute approximate surface area is 97.7 Å². The molecule has 1 saturated heterocycles. The minimum Gasteiger partial charge on any atom is -0.374 e. The molecule has 1 aliphatic heterocycles. The molecule has 1 aliphatic rings. The van der Waals surface area contributed by atoms with Crippen molar-refractivity contribution in [3.05, 3.63) is 0 Å². The number of likely N-dealkylation sites (N-methyl/N-ethyl adjacent to an activating group) is 1. The molecule has 1 amide bonds. The van der Waals surface area contributed by atoms with E-state index in [1.165, 1.54) is 0 Å². The third-order valence-electron chi connectivity index (χ3n) is 2.80. The molecule has 0 bridgehead atoms. The number of ether oxygens (including phenoxy) is 1. The van der Waals surface area contributed by atoms with Gasteiger partial charge in [-0.25, -0.2) is 0 Å². The molecule has 94 valence electrons. The maximum absolute atomic E-state index is 11.4. The summed E-state index contributed by atoms with van der Waals surface area (Å²) in [4.78, 5) is 15.4. The summed E-state index contributed by atoms with van der Waals surface area (Å²) in [7, 11) is 5.52. The number of carbonyl (C=O) groups excluding carboxylic acids is 1. The Kier molecular flexibility index (Phi) is 5.73. The van der Waals surface area contributed by atoms with Crippen molar-refractivity contribution in [2.45, 2.75) is 12.5 Å². The Morgan fingerprint density at radius 1 is 1.56 bits per heavy atom. The molecule has 0 aliphatic carbocycles. The van der Waals surface area contributed by atoms with Gasteiger partial charge in [-0.05, 0) is 7.05 Å². The van der Waals surface area contributed by atoms with Crippen molar-refractivity contribution < 1.29 is 9.53 Å². The summed E-state index contributed by atoms with van der Waals surface area (Å²) in [5.41, 5.74) is 0. The number of carbonyl (C=O) groups is 1. The first kappa shape index (κ1) is 13.4. The van der Waals surface area contributed by atoms with Gasteiger partial charge < -0.3 is 15.0 Å². The molecule has 16 heavy (non-hydrogen) atoms. The van der Waals surface area contributed by atoms with Crippen LogP contribution in [-0.4, -0.2) is 75.7 Å². The second kappa shape index (κ2) is 6.83. The first-order valence-corrected chi connectivity index (χ1v) is 5.82. The summed E-state index contributed by atoms with van der Waals surface area (Å²) in [6.45, 7) is 4.32. The molecule has 1 unspecified atom stereocenters. The first-order valence-electron chi connectivity index (χ1n) is 5.82. The molecule has 1 N–H and O–H groups in total. The quantitative estimate of drug-likeness (QED) is 0.683. The topological polar surface area (TPSA) is 44.8 Å². The highest BCUT2D eigenvalue weighted by molar-refractivity contribution is 5.75. The van der Waals surface area contributed by atoms with E-state index < -0.39 is 0 Å². The molecular weight excluding hydrogens is 206 g/mol. The van der Waals surface area contributed by atoms with Crippen molar-refractivity contribution in [1.29, 1.82) is 0 Å². The summed E-state index contributed by atoms with van der Waals surface area (Å²) in [5.74, 6) is 0.191. The fraction of sp³-hybridized carbons (Fsp3) is 0.909. The van der Waals surface area contributed by atoms with Gasteiger partial charge in [0.05, 0.1) is 12.7 Å². The maximum Gasteiger partial charge on any atom is 0.223 e. The summed E-state index contributed by atoms with van der Waals surface area (Å²) in [5, 5.41) is 3.11. The zero-order chi connectivity index (χ0) is 12.0. The lowest BCUT2D eigenvalue weighted by Crippen LogP contribution is -2.47. The van der Waals surface area contributed by atoms with Crippen LogP contribution in [0, 0.1) is 0 Å². The Morgan fingerprint density at radius 2 is 2.31 bits per heavy atom. The number of rotatable bonds is 5. The van der Waals surface area contributed by atoms with E-state index in [-0.39, 0.29) is 12.0 Å². The van der Waals surface area contributed by atoms with Gasteiger partial charge in [0.2, 0.25) is 5.91 Å². The lowest BCUT2D eigenvalue weighted by Gasteiger charge is -2.32. The van der Waals surface area contributed by atoms with Crippen molar-refractivity contribution >= 4 is 5.91 Å². The van der Waals surface area contributed by atoms with E-state index in [0.29, 0.717) is 6.42 Å². The van der Waals surface area contributed by atoms with Gasteiger partial charge in [-0.3, -0.25) is 9.69 Å². The molecule has 1 fully saturated rings. The van der Waals surface area contributed by atoms with Crippen LogP contribution in [0.4, 0.5) is 0 Å². The summed E-state index contributed by atoms with van der Waals surface area (Å²) < 4.78 is 5.60. The van der Waals surface area contributed by atoms with Gasteiger partial charge >= 0.3 is 0 Å². The van der Waals surface area contributed by atoms with Crippen LogP contribution < -0.4 is 5.32 Å². The number of hydrogen-bond donors (Lipinski definition) is 1. The van der Waals surface area contributed by atoms with Crippen LogP contribution in [-0.2, 0) is 9.53 Å². The van der Waals surface area contributed by atoms with Gasteiger partial charge in [0.15, 0.2) is 0 Å². The van der Waals surface area contributed by atoms with Gasteiger partial charge in [-0.15, -0.1) is 0 Å². The Bertz CT molecular complexity index is 219. The van der Waals surface area contributed by atoms with E-state index in [0.717, 1.165) is 32.8 Å². The van der Waals surface area contributed by atoms with Crippen molar-refractivity contribution in [1.82, 2.24) is 15.1 Å². The minimum absolute atomic E-state index is 0.191. The lowest BCUT2D eigenvalue weighted by atomic mass is 10.2. The standard InChI is InChI=1S/C11H23N3O2/c1-12-8-10-9-14(6-7-16-10)5-4-11(15)13(2)3/h10,12H,4-9H2,1-3H3. The van der Waals surface area contributed by atoms with Crippen LogP contribution in [0.25, 0.3) is 0 Å². The van der Waals surface area contributed by atoms with Crippen LogP contribution in [0.5, 0.6) is 0 Å². The fourth-order valence-corrected chi connectivity index (χ4v) is 1.81. The molecule has 5 heteroatoms. The second-order valence-electron chi connectivity index (χ2n) is 4.39.